The highest BCUT2D eigenvalue weighted by Gasteiger charge is 2.23. The van der Waals surface area contributed by atoms with E-state index in [1.807, 2.05) is 0 Å². The van der Waals surface area contributed by atoms with Gasteiger partial charge in [0.1, 0.15) is 5.25 Å². The molecule has 0 aromatic heterocycles. The van der Waals surface area contributed by atoms with Gasteiger partial charge in [0.15, 0.2) is 9.84 Å². The Kier molecular flexibility index (Phi) is 3.93. The van der Waals surface area contributed by atoms with Crippen LogP contribution in [0.4, 0.5) is 5.69 Å². The van der Waals surface area contributed by atoms with Crippen molar-refractivity contribution in [3.05, 3.63) is 29.3 Å². The molecular weight excluding hydrogens is 250 g/mol. The van der Waals surface area contributed by atoms with Crippen LogP contribution in [-0.2, 0) is 14.6 Å². The standard InChI is InChI=1S/C10H12ClNO3S/c1-7(16(2,14)15)10(13)12-9-6-4-3-5-8(9)11/h3-7H,1-2H3,(H,12,13). The van der Waals surface area contributed by atoms with Gasteiger partial charge in [-0.3, -0.25) is 4.79 Å². The summed E-state index contributed by atoms with van der Waals surface area (Å²) in [5.74, 6) is -0.587. The molecule has 0 saturated heterocycles. The predicted octanol–water partition coefficient (Wildman–Crippen LogP) is 1.71. The van der Waals surface area contributed by atoms with Gasteiger partial charge in [-0.1, -0.05) is 23.7 Å². The molecule has 88 valence electrons. The number of amides is 1. The molecule has 0 saturated carbocycles. The molecule has 1 atom stereocenters. The number of carbonyl (C=O) groups is 1. The van der Waals surface area contributed by atoms with Crippen molar-refractivity contribution >= 4 is 33.0 Å². The lowest BCUT2D eigenvalue weighted by Crippen LogP contribution is -2.31. The molecule has 16 heavy (non-hydrogen) atoms. The van der Waals surface area contributed by atoms with Crippen molar-refractivity contribution in [3.63, 3.8) is 0 Å². The fraction of sp³-hybridized carbons (Fsp3) is 0.300. The minimum absolute atomic E-state index is 0.372. The van der Waals surface area contributed by atoms with Crippen LogP contribution in [0.1, 0.15) is 6.92 Å². The molecular formula is C10H12ClNO3S. The van der Waals surface area contributed by atoms with Gasteiger partial charge < -0.3 is 5.32 Å². The normalized spacial score (nSPS) is 13.2. The Labute approximate surface area is 99.5 Å². The first kappa shape index (κ1) is 13.0. The van der Waals surface area contributed by atoms with Crippen LogP contribution >= 0.6 is 11.6 Å². The zero-order valence-corrected chi connectivity index (χ0v) is 10.5. The van der Waals surface area contributed by atoms with Crippen molar-refractivity contribution in [2.75, 3.05) is 11.6 Å². The van der Waals surface area contributed by atoms with E-state index >= 15 is 0 Å². The van der Waals surface area contributed by atoms with E-state index in [0.717, 1.165) is 6.26 Å². The molecule has 0 spiro atoms. The van der Waals surface area contributed by atoms with E-state index in [4.69, 9.17) is 11.6 Å². The van der Waals surface area contributed by atoms with Crippen molar-refractivity contribution in [2.24, 2.45) is 0 Å². The van der Waals surface area contributed by atoms with Crippen molar-refractivity contribution in [2.45, 2.75) is 12.2 Å². The number of hydrogen-bond donors (Lipinski definition) is 1. The molecule has 0 heterocycles. The van der Waals surface area contributed by atoms with Crippen molar-refractivity contribution in [3.8, 4) is 0 Å². The maximum atomic E-state index is 11.6. The number of rotatable bonds is 3. The Bertz CT molecular complexity index is 499. The third-order valence-corrected chi connectivity index (χ3v) is 3.97. The van der Waals surface area contributed by atoms with Gasteiger partial charge in [0.25, 0.3) is 0 Å². The van der Waals surface area contributed by atoms with Gasteiger partial charge in [-0.05, 0) is 19.1 Å². The Morgan fingerprint density at radius 1 is 1.38 bits per heavy atom. The fourth-order valence-corrected chi connectivity index (χ4v) is 1.62. The minimum Gasteiger partial charge on any atom is -0.324 e. The molecule has 1 N–H and O–H groups in total. The van der Waals surface area contributed by atoms with Crippen molar-refractivity contribution in [1.29, 1.82) is 0 Å². The second-order valence-electron chi connectivity index (χ2n) is 3.44. The molecule has 0 radical (unpaired) electrons. The second kappa shape index (κ2) is 4.84. The summed E-state index contributed by atoms with van der Waals surface area (Å²) in [5, 5.41) is 1.74. The van der Waals surface area contributed by atoms with Crippen molar-refractivity contribution in [1.82, 2.24) is 0 Å². The molecule has 0 aliphatic carbocycles. The predicted molar refractivity (Wildman–Crippen MR) is 64.4 cm³/mol. The van der Waals surface area contributed by atoms with E-state index in [9.17, 15) is 13.2 Å². The summed E-state index contributed by atoms with van der Waals surface area (Å²) in [6.45, 7) is 1.33. The molecule has 1 amide bonds. The van der Waals surface area contributed by atoms with Crippen LogP contribution in [-0.4, -0.2) is 25.8 Å². The highest BCUT2D eigenvalue weighted by atomic mass is 35.5. The molecule has 1 rings (SSSR count). The molecule has 0 aliphatic heterocycles. The van der Waals surface area contributed by atoms with E-state index in [2.05, 4.69) is 5.32 Å². The summed E-state index contributed by atoms with van der Waals surface area (Å²) < 4.78 is 22.3. The Morgan fingerprint density at radius 2 is 1.94 bits per heavy atom. The Hall–Kier alpha value is -1.07. The summed E-state index contributed by atoms with van der Waals surface area (Å²) in [4.78, 5) is 11.6. The number of anilines is 1. The van der Waals surface area contributed by atoms with Gasteiger partial charge in [-0.25, -0.2) is 8.42 Å². The van der Waals surface area contributed by atoms with Gasteiger partial charge >= 0.3 is 0 Å². The first-order valence-corrected chi connectivity index (χ1v) is 6.90. The minimum atomic E-state index is -3.39. The van der Waals surface area contributed by atoms with Gasteiger partial charge in [-0.2, -0.15) is 0 Å². The molecule has 1 unspecified atom stereocenters. The summed E-state index contributed by atoms with van der Waals surface area (Å²) in [6, 6.07) is 6.64. The SMILES string of the molecule is CC(C(=O)Nc1ccccc1Cl)S(C)(=O)=O. The topological polar surface area (TPSA) is 63.2 Å². The molecule has 6 heteroatoms. The average molecular weight is 262 g/mol. The largest absolute Gasteiger partial charge is 0.324 e. The highest BCUT2D eigenvalue weighted by molar-refractivity contribution is 7.92. The molecule has 4 nitrogen and oxygen atoms in total. The zero-order chi connectivity index (χ0) is 12.3. The smallest absolute Gasteiger partial charge is 0.242 e. The van der Waals surface area contributed by atoms with E-state index in [-0.39, 0.29) is 0 Å². The van der Waals surface area contributed by atoms with Gasteiger partial charge in [0, 0.05) is 6.26 Å². The van der Waals surface area contributed by atoms with Crippen LogP contribution in [0.5, 0.6) is 0 Å². The van der Waals surface area contributed by atoms with Crippen LogP contribution in [0, 0.1) is 0 Å². The van der Waals surface area contributed by atoms with Crippen LogP contribution in [0.2, 0.25) is 5.02 Å². The number of carbonyl (C=O) groups excluding carboxylic acids is 1. The molecule has 0 fully saturated rings. The van der Waals surface area contributed by atoms with Gasteiger partial charge in [0.05, 0.1) is 10.7 Å². The summed E-state index contributed by atoms with van der Waals surface area (Å²) >= 11 is 5.82. The quantitative estimate of drug-likeness (QED) is 0.901. The Morgan fingerprint density at radius 3 is 2.44 bits per heavy atom. The van der Waals surface area contributed by atoms with Crippen LogP contribution in [0.3, 0.4) is 0 Å². The maximum absolute atomic E-state index is 11.6. The number of benzene rings is 1. The van der Waals surface area contributed by atoms with Crippen LogP contribution in [0.25, 0.3) is 0 Å². The zero-order valence-electron chi connectivity index (χ0n) is 8.90. The molecule has 0 aliphatic rings. The first-order valence-electron chi connectivity index (χ1n) is 4.56. The summed E-state index contributed by atoms with van der Waals surface area (Å²) in [6.07, 6.45) is 1.02. The summed E-state index contributed by atoms with van der Waals surface area (Å²) in [5.41, 5.74) is 0.407. The maximum Gasteiger partial charge on any atom is 0.242 e. The monoisotopic (exact) mass is 261 g/mol. The second-order valence-corrected chi connectivity index (χ2v) is 6.21. The number of hydrogen-bond acceptors (Lipinski definition) is 3. The summed E-state index contributed by atoms with van der Waals surface area (Å²) in [7, 11) is -3.39. The molecule has 1 aromatic rings. The first-order chi connectivity index (χ1) is 7.32. The average Bonchev–Trinajstić information content (AvgIpc) is 2.19. The highest BCUT2D eigenvalue weighted by Crippen LogP contribution is 2.20. The third-order valence-electron chi connectivity index (χ3n) is 2.14. The van der Waals surface area contributed by atoms with E-state index in [1.54, 1.807) is 24.3 Å². The van der Waals surface area contributed by atoms with E-state index in [1.165, 1.54) is 6.92 Å². The van der Waals surface area contributed by atoms with E-state index < -0.39 is 21.0 Å². The van der Waals surface area contributed by atoms with Crippen LogP contribution < -0.4 is 5.32 Å². The lowest BCUT2D eigenvalue weighted by molar-refractivity contribution is -0.115. The third kappa shape index (κ3) is 3.21. The lowest BCUT2D eigenvalue weighted by atomic mass is 10.3. The van der Waals surface area contributed by atoms with Gasteiger partial charge in [0.2, 0.25) is 5.91 Å². The number of nitrogens with one attached hydrogen (secondary N) is 1. The van der Waals surface area contributed by atoms with Crippen LogP contribution in [0.15, 0.2) is 24.3 Å². The Balaban J connectivity index is 2.84. The van der Waals surface area contributed by atoms with Gasteiger partial charge in [-0.15, -0.1) is 0 Å². The molecule has 0 bridgehead atoms. The molecule has 1 aromatic carbocycles. The lowest BCUT2D eigenvalue weighted by Gasteiger charge is -2.11. The number of para-hydroxylation sites is 1. The van der Waals surface area contributed by atoms with E-state index in [0.29, 0.717) is 10.7 Å². The number of sulfone groups is 1. The number of halogens is 1. The fourth-order valence-electron chi connectivity index (χ4n) is 0.991. The van der Waals surface area contributed by atoms with Crippen molar-refractivity contribution < 1.29 is 13.2 Å².